The molecule has 0 unspecified atom stereocenters. The number of amides is 1. The fraction of sp³-hybridized carbons (Fsp3) is 0.611. The molecule has 0 aromatic heterocycles. The normalized spacial score (nSPS) is 22.1. The molecule has 0 aliphatic heterocycles. The number of likely N-dealkylation sites (N-methyl/N-ethyl adjacent to an activating group) is 1. The van der Waals surface area contributed by atoms with E-state index >= 15 is 0 Å². The summed E-state index contributed by atoms with van der Waals surface area (Å²) in [6.07, 6.45) is 5.66. The van der Waals surface area contributed by atoms with Gasteiger partial charge in [0.05, 0.1) is 6.42 Å². The Hall–Kier alpha value is -1.51. The molecular formula is C18H28N2O. The fourth-order valence-corrected chi connectivity index (χ4v) is 3.16. The summed E-state index contributed by atoms with van der Waals surface area (Å²) in [5.41, 5.74) is 2.23. The molecule has 1 aromatic rings. The zero-order chi connectivity index (χ0) is 15.2. The smallest absolute Gasteiger partial charge is 0.224 e. The lowest BCUT2D eigenvalue weighted by molar-refractivity contribution is -0.119. The lowest BCUT2D eigenvalue weighted by Crippen LogP contribution is -2.27. The van der Waals surface area contributed by atoms with Gasteiger partial charge in [-0.2, -0.15) is 0 Å². The highest BCUT2D eigenvalue weighted by Crippen LogP contribution is 2.31. The van der Waals surface area contributed by atoms with Crippen molar-refractivity contribution in [3.8, 4) is 0 Å². The van der Waals surface area contributed by atoms with Gasteiger partial charge in [0.25, 0.3) is 0 Å². The van der Waals surface area contributed by atoms with E-state index in [1.54, 1.807) is 7.05 Å². The summed E-state index contributed by atoms with van der Waals surface area (Å²) in [4.78, 5) is 11.3. The molecule has 3 heteroatoms. The average Bonchev–Trinajstić information content (AvgIpc) is 2.49. The van der Waals surface area contributed by atoms with Gasteiger partial charge in [-0.3, -0.25) is 4.79 Å². The third-order valence-electron chi connectivity index (χ3n) is 4.68. The monoisotopic (exact) mass is 288 g/mol. The van der Waals surface area contributed by atoms with E-state index in [1.807, 2.05) is 12.1 Å². The van der Waals surface area contributed by atoms with Crippen molar-refractivity contribution in [2.45, 2.75) is 52.0 Å². The second-order valence-electron chi connectivity index (χ2n) is 6.55. The van der Waals surface area contributed by atoms with Crippen LogP contribution < -0.4 is 10.6 Å². The Kier molecular flexibility index (Phi) is 5.66. The summed E-state index contributed by atoms with van der Waals surface area (Å²) in [5.74, 6) is 1.77. The summed E-state index contributed by atoms with van der Waals surface area (Å²) in [7, 11) is 1.67. The minimum absolute atomic E-state index is 0.0581. The third kappa shape index (κ3) is 4.76. The molecule has 1 amide bonds. The van der Waals surface area contributed by atoms with Crippen LogP contribution >= 0.6 is 0 Å². The summed E-state index contributed by atoms with van der Waals surface area (Å²) in [5, 5.41) is 6.29. The van der Waals surface area contributed by atoms with Crippen LogP contribution in [0.3, 0.4) is 0 Å². The molecule has 0 spiro atoms. The summed E-state index contributed by atoms with van der Waals surface area (Å²) in [6, 6.07) is 8.86. The fourth-order valence-electron chi connectivity index (χ4n) is 3.16. The van der Waals surface area contributed by atoms with E-state index in [4.69, 9.17) is 0 Å². The van der Waals surface area contributed by atoms with Crippen molar-refractivity contribution < 1.29 is 4.79 Å². The van der Waals surface area contributed by atoms with Crippen molar-refractivity contribution in [2.75, 3.05) is 12.4 Å². The lowest BCUT2D eigenvalue weighted by Gasteiger charge is -2.31. The average molecular weight is 288 g/mol. The van der Waals surface area contributed by atoms with Crippen molar-refractivity contribution in [3.63, 3.8) is 0 Å². The molecule has 0 saturated heterocycles. The first-order chi connectivity index (χ1) is 10.1. The highest BCUT2D eigenvalue weighted by Gasteiger charge is 2.22. The van der Waals surface area contributed by atoms with Crippen LogP contribution in [0.25, 0.3) is 0 Å². The van der Waals surface area contributed by atoms with E-state index in [0.29, 0.717) is 12.5 Å². The largest absolute Gasteiger partial charge is 0.382 e. The van der Waals surface area contributed by atoms with Crippen molar-refractivity contribution >= 4 is 11.6 Å². The first-order valence-electron chi connectivity index (χ1n) is 8.14. The van der Waals surface area contributed by atoms with Gasteiger partial charge >= 0.3 is 0 Å². The third-order valence-corrected chi connectivity index (χ3v) is 4.68. The molecule has 1 aromatic carbocycles. The molecule has 0 radical (unpaired) electrons. The van der Waals surface area contributed by atoms with Crippen LogP contribution in [0.5, 0.6) is 0 Å². The van der Waals surface area contributed by atoms with Crippen LogP contribution in [0, 0.1) is 11.8 Å². The van der Waals surface area contributed by atoms with Crippen LogP contribution in [-0.4, -0.2) is 19.0 Å². The molecule has 21 heavy (non-hydrogen) atoms. The second-order valence-corrected chi connectivity index (χ2v) is 6.55. The number of rotatable bonds is 5. The van der Waals surface area contributed by atoms with Gasteiger partial charge in [-0.25, -0.2) is 0 Å². The first kappa shape index (κ1) is 15.9. The molecule has 3 nitrogen and oxygen atoms in total. The van der Waals surface area contributed by atoms with Crippen LogP contribution in [0.2, 0.25) is 0 Å². The second kappa shape index (κ2) is 7.48. The van der Waals surface area contributed by atoms with Gasteiger partial charge in [-0.1, -0.05) is 26.0 Å². The molecule has 2 rings (SSSR count). The minimum Gasteiger partial charge on any atom is -0.382 e. The number of hydrogen-bond acceptors (Lipinski definition) is 2. The van der Waals surface area contributed by atoms with Gasteiger partial charge in [0.15, 0.2) is 0 Å². The lowest BCUT2D eigenvalue weighted by atomic mass is 9.79. The van der Waals surface area contributed by atoms with Crippen molar-refractivity contribution in [1.29, 1.82) is 0 Å². The molecule has 1 saturated carbocycles. The van der Waals surface area contributed by atoms with Crippen LogP contribution in [-0.2, 0) is 11.2 Å². The van der Waals surface area contributed by atoms with Gasteiger partial charge in [0.1, 0.15) is 0 Å². The SMILES string of the molecule is CNC(=O)Cc1ccc(NC2CCC(C(C)C)CC2)cc1. The molecule has 0 bridgehead atoms. The standard InChI is InChI=1S/C18H28N2O/c1-13(2)15-6-10-17(11-7-15)20-16-8-4-14(5-9-16)12-18(21)19-3/h4-5,8-9,13,15,17,20H,6-7,10-12H2,1-3H3,(H,19,21). The van der Waals surface area contributed by atoms with Crippen molar-refractivity contribution in [2.24, 2.45) is 11.8 Å². The maximum atomic E-state index is 11.3. The Morgan fingerprint density at radius 2 is 1.76 bits per heavy atom. The number of carbonyl (C=O) groups excluding carboxylic acids is 1. The summed E-state index contributed by atoms with van der Waals surface area (Å²) >= 11 is 0. The van der Waals surface area contributed by atoms with Gasteiger partial charge in [0, 0.05) is 18.8 Å². The van der Waals surface area contributed by atoms with E-state index in [9.17, 15) is 4.79 Å². The molecule has 1 aliphatic rings. The predicted octanol–water partition coefficient (Wildman–Crippen LogP) is 3.60. The number of nitrogens with one attached hydrogen (secondary N) is 2. The maximum Gasteiger partial charge on any atom is 0.224 e. The Morgan fingerprint density at radius 3 is 2.29 bits per heavy atom. The minimum atomic E-state index is 0.0581. The Bertz CT molecular complexity index is 445. The Labute approximate surface area is 128 Å². The quantitative estimate of drug-likeness (QED) is 0.869. The van der Waals surface area contributed by atoms with Gasteiger partial charge in [-0.05, 0) is 55.2 Å². The van der Waals surface area contributed by atoms with E-state index in [2.05, 4.69) is 36.6 Å². The zero-order valence-corrected chi connectivity index (χ0v) is 13.5. The van der Waals surface area contributed by atoms with Crippen molar-refractivity contribution in [3.05, 3.63) is 29.8 Å². The number of carbonyl (C=O) groups is 1. The number of benzene rings is 1. The summed E-state index contributed by atoms with van der Waals surface area (Å²) < 4.78 is 0. The zero-order valence-electron chi connectivity index (χ0n) is 13.5. The van der Waals surface area contributed by atoms with Gasteiger partial charge in [-0.15, -0.1) is 0 Å². The number of hydrogen-bond donors (Lipinski definition) is 2. The molecule has 0 heterocycles. The molecule has 116 valence electrons. The molecule has 1 fully saturated rings. The van der Waals surface area contributed by atoms with Crippen LogP contribution in [0.1, 0.15) is 45.1 Å². The summed E-state index contributed by atoms with van der Waals surface area (Å²) in [6.45, 7) is 4.67. The molecular weight excluding hydrogens is 260 g/mol. The molecule has 0 atom stereocenters. The predicted molar refractivity (Wildman–Crippen MR) is 88.4 cm³/mol. The van der Waals surface area contributed by atoms with Crippen LogP contribution in [0.4, 0.5) is 5.69 Å². The Morgan fingerprint density at radius 1 is 1.14 bits per heavy atom. The highest BCUT2D eigenvalue weighted by atomic mass is 16.1. The van der Waals surface area contributed by atoms with E-state index in [-0.39, 0.29) is 5.91 Å². The van der Waals surface area contributed by atoms with E-state index in [0.717, 1.165) is 17.4 Å². The molecule has 2 N–H and O–H groups in total. The topological polar surface area (TPSA) is 41.1 Å². The van der Waals surface area contributed by atoms with E-state index in [1.165, 1.54) is 31.4 Å². The Balaban J connectivity index is 1.82. The van der Waals surface area contributed by atoms with Crippen LogP contribution in [0.15, 0.2) is 24.3 Å². The number of anilines is 1. The van der Waals surface area contributed by atoms with E-state index < -0.39 is 0 Å². The maximum absolute atomic E-state index is 11.3. The first-order valence-corrected chi connectivity index (χ1v) is 8.14. The van der Waals surface area contributed by atoms with Gasteiger partial charge < -0.3 is 10.6 Å². The highest BCUT2D eigenvalue weighted by molar-refractivity contribution is 5.78. The van der Waals surface area contributed by atoms with Crippen molar-refractivity contribution in [1.82, 2.24) is 5.32 Å². The molecule has 1 aliphatic carbocycles. The van der Waals surface area contributed by atoms with Gasteiger partial charge in [0.2, 0.25) is 5.91 Å².